The van der Waals surface area contributed by atoms with Crippen LogP contribution in [0.15, 0.2) is 24.3 Å². The number of carboxylic acid groups (broad SMARTS) is 1. The van der Waals surface area contributed by atoms with Gasteiger partial charge in [-0.2, -0.15) is 0 Å². The third-order valence-corrected chi connectivity index (χ3v) is 2.86. The molecule has 2 aromatic rings. The number of hydrogen-bond acceptors (Lipinski definition) is 2. The second-order valence-electron chi connectivity index (χ2n) is 4.41. The molecular formula is C14H15FN2O2. The van der Waals surface area contributed by atoms with Gasteiger partial charge in [-0.25, -0.2) is 9.37 Å². The number of hydrogen-bond donors (Lipinski definition) is 2. The standard InChI is InChI=1S/C14H15FN2O2/c1-9-14(10-5-7-11(15)8-6-10)17-12(16-9)3-2-4-13(18)19/h5-8H,2-4H2,1H3,(H,16,17)(H,18,19). The fourth-order valence-electron chi connectivity index (χ4n) is 1.94. The van der Waals surface area contributed by atoms with Crippen LogP contribution >= 0.6 is 0 Å². The van der Waals surface area contributed by atoms with Crippen LogP contribution in [0.25, 0.3) is 11.3 Å². The van der Waals surface area contributed by atoms with Gasteiger partial charge in [0.2, 0.25) is 0 Å². The normalized spacial score (nSPS) is 10.6. The van der Waals surface area contributed by atoms with E-state index >= 15 is 0 Å². The Bertz CT molecular complexity index is 576. The van der Waals surface area contributed by atoms with E-state index in [1.807, 2.05) is 6.92 Å². The zero-order valence-corrected chi connectivity index (χ0v) is 10.6. The van der Waals surface area contributed by atoms with Gasteiger partial charge >= 0.3 is 5.97 Å². The average Bonchev–Trinajstić information content (AvgIpc) is 2.71. The van der Waals surface area contributed by atoms with Crippen LogP contribution in [0.2, 0.25) is 0 Å². The van der Waals surface area contributed by atoms with E-state index in [2.05, 4.69) is 9.97 Å². The highest BCUT2D eigenvalue weighted by molar-refractivity contribution is 5.66. The Hall–Kier alpha value is -2.17. The first-order valence-corrected chi connectivity index (χ1v) is 6.09. The topological polar surface area (TPSA) is 66.0 Å². The zero-order chi connectivity index (χ0) is 13.8. The molecule has 0 aliphatic heterocycles. The number of aryl methyl sites for hydroxylation is 2. The largest absolute Gasteiger partial charge is 0.481 e. The highest BCUT2D eigenvalue weighted by atomic mass is 19.1. The van der Waals surface area contributed by atoms with Gasteiger partial charge in [0.15, 0.2) is 0 Å². The molecule has 100 valence electrons. The van der Waals surface area contributed by atoms with Crippen molar-refractivity contribution in [2.45, 2.75) is 26.2 Å². The lowest BCUT2D eigenvalue weighted by Gasteiger charge is -1.97. The number of aromatic amines is 1. The third kappa shape index (κ3) is 3.40. The van der Waals surface area contributed by atoms with E-state index in [1.54, 1.807) is 12.1 Å². The number of nitrogens with one attached hydrogen (secondary N) is 1. The molecule has 2 N–H and O–H groups in total. The molecule has 1 aromatic heterocycles. The van der Waals surface area contributed by atoms with Crippen molar-refractivity contribution in [2.75, 3.05) is 0 Å². The van der Waals surface area contributed by atoms with E-state index in [1.165, 1.54) is 12.1 Å². The molecule has 0 saturated heterocycles. The number of H-pyrrole nitrogens is 1. The molecule has 0 unspecified atom stereocenters. The maximum Gasteiger partial charge on any atom is 0.303 e. The van der Waals surface area contributed by atoms with Crippen molar-refractivity contribution >= 4 is 5.97 Å². The van der Waals surface area contributed by atoms with Gasteiger partial charge in [0, 0.05) is 24.1 Å². The molecule has 0 aliphatic carbocycles. The van der Waals surface area contributed by atoms with E-state index in [4.69, 9.17) is 5.11 Å². The first-order chi connectivity index (χ1) is 9.06. The molecule has 4 nitrogen and oxygen atoms in total. The van der Waals surface area contributed by atoms with E-state index in [9.17, 15) is 9.18 Å². The molecule has 2 rings (SSSR count). The fourth-order valence-corrected chi connectivity index (χ4v) is 1.94. The molecule has 0 bridgehead atoms. The number of aliphatic carboxylic acids is 1. The maximum absolute atomic E-state index is 12.9. The number of benzene rings is 1. The Morgan fingerprint density at radius 3 is 2.68 bits per heavy atom. The molecule has 0 fully saturated rings. The Labute approximate surface area is 110 Å². The summed E-state index contributed by atoms with van der Waals surface area (Å²) in [5.74, 6) is -0.321. The zero-order valence-electron chi connectivity index (χ0n) is 10.6. The first kappa shape index (κ1) is 13.3. The predicted molar refractivity (Wildman–Crippen MR) is 69.3 cm³/mol. The number of aromatic nitrogens is 2. The number of imidazole rings is 1. The van der Waals surface area contributed by atoms with Gasteiger partial charge in [0.1, 0.15) is 11.6 Å². The fraction of sp³-hybridized carbons (Fsp3) is 0.286. The minimum atomic E-state index is -0.804. The van der Waals surface area contributed by atoms with Gasteiger partial charge in [0.25, 0.3) is 0 Å². The van der Waals surface area contributed by atoms with Crippen molar-refractivity contribution in [2.24, 2.45) is 0 Å². The molecule has 0 atom stereocenters. The van der Waals surface area contributed by atoms with E-state index in [0.29, 0.717) is 12.8 Å². The van der Waals surface area contributed by atoms with Crippen LogP contribution in [-0.4, -0.2) is 21.0 Å². The Morgan fingerprint density at radius 2 is 2.05 bits per heavy atom. The van der Waals surface area contributed by atoms with E-state index in [-0.39, 0.29) is 12.2 Å². The van der Waals surface area contributed by atoms with E-state index < -0.39 is 5.97 Å². The molecule has 5 heteroatoms. The monoisotopic (exact) mass is 262 g/mol. The van der Waals surface area contributed by atoms with Crippen LogP contribution in [0.5, 0.6) is 0 Å². The van der Waals surface area contributed by atoms with Crippen molar-refractivity contribution in [3.8, 4) is 11.3 Å². The summed E-state index contributed by atoms with van der Waals surface area (Å²) in [5, 5.41) is 8.59. The van der Waals surface area contributed by atoms with Crippen LogP contribution in [0.4, 0.5) is 4.39 Å². The van der Waals surface area contributed by atoms with Gasteiger partial charge in [-0.15, -0.1) is 0 Å². The highest BCUT2D eigenvalue weighted by Crippen LogP contribution is 2.21. The number of nitrogens with zero attached hydrogens (tertiary/aromatic N) is 1. The summed E-state index contributed by atoms with van der Waals surface area (Å²) in [6, 6.07) is 6.15. The minimum absolute atomic E-state index is 0.131. The van der Waals surface area contributed by atoms with Crippen molar-refractivity contribution in [3.05, 3.63) is 41.6 Å². The smallest absolute Gasteiger partial charge is 0.303 e. The summed E-state index contributed by atoms with van der Waals surface area (Å²) in [6.45, 7) is 1.90. The Balaban J connectivity index is 2.12. The molecule has 1 heterocycles. The summed E-state index contributed by atoms with van der Waals surface area (Å²) >= 11 is 0. The molecule has 0 spiro atoms. The molecule has 0 saturated carbocycles. The van der Waals surface area contributed by atoms with Crippen molar-refractivity contribution in [3.63, 3.8) is 0 Å². The van der Waals surface area contributed by atoms with Gasteiger partial charge < -0.3 is 10.1 Å². The molecular weight excluding hydrogens is 247 g/mol. The molecule has 0 aliphatic rings. The van der Waals surface area contributed by atoms with Gasteiger partial charge in [-0.05, 0) is 37.6 Å². The average molecular weight is 262 g/mol. The number of rotatable bonds is 5. The second-order valence-corrected chi connectivity index (χ2v) is 4.41. The number of carboxylic acids is 1. The second kappa shape index (κ2) is 5.65. The quantitative estimate of drug-likeness (QED) is 0.870. The Morgan fingerprint density at radius 1 is 1.37 bits per heavy atom. The summed E-state index contributed by atoms with van der Waals surface area (Å²) in [7, 11) is 0. The SMILES string of the molecule is Cc1[nH]c(CCCC(=O)O)nc1-c1ccc(F)cc1. The first-order valence-electron chi connectivity index (χ1n) is 6.09. The Kier molecular flexibility index (Phi) is 3.94. The van der Waals surface area contributed by atoms with Crippen LogP contribution < -0.4 is 0 Å². The van der Waals surface area contributed by atoms with Gasteiger partial charge in [-0.3, -0.25) is 4.79 Å². The van der Waals surface area contributed by atoms with Crippen molar-refractivity contribution < 1.29 is 14.3 Å². The summed E-state index contributed by atoms with van der Waals surface area (Å²) in [4.78, 5) is 18.0. The lowest BCUT2D eigenvalue weighted by atomic mass is 10.1. The summed E-state index contributed by atoms with van der Waals surface area (Å²) in [5.41, 5.74) is 2.53. The van der Waals surface area contributed by atoms with E-state index in [0.717, 1.165) is 22.8 Å². The highest BCUT2D eigenvalue weighted by Gasteiger charge is 2.09. The number of carbonyl (C=O) groups is 1. The molecule has 19 heavy (non-hydrogen) atoms. The van der Waals surface area contributed by atoms with Crippen LogP contribution in [0, 0.1) is 12.7 Å². The lowest BCUT2D eigenvalue weighted by Crippen LogP contribution is -1.96. The maximum atomic E-state index is 12.9. The van der Waals surface area contributed by atoms with Crippen molar-refractivity contribution in [1.29, 1.82) is 0 Å². The predicted octanol–water partition coefficient (Wildman–Crippen LogP) is 2.93. The van der Waals surface area contributed by atoms with Crippen LogP contribution in [-0.2, 0) is 11.2 Å². The molecule has 0 amide bonds. The van der Waals surface area contributed by atoms with Crippen LogP contribution in [0.1, 0.15) is 24.4 Å². The van der Waals surface area contributed by atoms with Gasteiger partial charge in [-0.1, -0.05) is 0 Å². The number of halogens is 1. The minimum Gasteiger partial charge on any atom is -0.481 e. The van der Waals surface area contributed by atoms with Crippen molar-refractivity contribution in [1.82, 2.24) is 9.97 Å². The summed E-state index contributed by atoms with van der Waals surface area (Å²) < 4.78 is 12.9. The molecule has 0 radical (unpaired) electrons. The van der Waals surface area contributed by atoms with Crippen LogP contribution in [0.3, 0.4) is 0 Å². The molecule has 1 aromatic carbocycles. The lowest BCUT2D eigenvalue weighted by molar-refractivity contribution is -0.137. The van der Waals surface area contributed by atoms with Gasteiger partial charge in [0.05, 0.1) is 5.69 Å². The third-order valence-electron chi connectivity index (χ3n) is 2.86. The summed E-state index contributed by atoms with van der Waals surface area (Å²) in [6.07, 6.45) is 1.27.